The molecule has 1 aromatic carbocycles. The summed E-state index contributed by atoms with van der Waals surface area (Å²) in [4.78, 5) is 41.9. The number of likely N-dealkylation sites (tertiary alicyclic amines) is 1. The summed E-state index contributed by atoms with van der Waals surface area (Å²) >= 11 is 0. The van der Waals surface area contributed by atoms with Crippen molar-refractivity contribution in [1.29, 1.82) is 0 Å². The Hall–Kier alpha value is -2.77. The molecule has 2 atom stereocenters. The molecule has 0 spiro atoms. The Bertz CT molecular complexity index is 721. The molecule has 2 aliphatic heterocycles. The van der Waals surface area contributed by atoms with Crippen LogP contribution in [-0.4, -0.2) is 74.5 Å². The minimum absolute atomic E-state index is 0.0359. The zero-order chi connectivity index (χ0) is 18.8. The van der Waals surface area contributed by atoms with Gasteiger partial charge in [0.25, 0.3) is 0 Å². The zero-order valence-electron chi connectivity index (χ0n) is 15.3. The first-order chi connectivity index (χ1) is 12.4. The van der Waals surface area contributed by atoms with Gasteiger partial charge in [0.05, 0.1) is 19.6 Å². The zero-order valence-corrected chi connectivity index (χ0v) is 15.3. The summed E-state index contributed by atoms with van der Waals surface area (Å²) in [6.07, 6.45) is 0.656. The Morgan fingerprint density at radius 1 is 1.27 bits per heavy atom. The van der Waals surface area contributed by atoms with Crippen LogP contribution in [0.2, 0.25) is 0 Å². The number of methoxy groups -OCH3 is 1. The maximum atomic E-state index is 12.8. The van der Waals surface area contributed by atoms with Crippen LogP contribution in [0.5, 0.6) is 5.75 Å². The highest BCUT2D eigenvalue weighted by Gasteiger charge is 2.40. The van der Waals surface area contributed by atoms with Crippen LogP contribution in [0.15, 0.2) is 24.3 Å². The molecule has 2 fully saturated rings. The van der Waals surface area contributed by atoms with E-state index in [-0.39, 0.29) is 30.3 Å². The van der Waals surface area contributed by atoms with Gasteiger partial charge in [-0.3, -0.25) is 14.5 Å². The van der Waals surface area contributed by atoms with Gasteiger partial charge >= 0.3 is 6.03 Å². The highest BCUT2D eigenvalue weighted by molar-refractivity contribution is 6.00. The van der Waals surface area contributed by atoms with Crippen molar-refractivity contribution in [3.8, 4) is 5.75 Å². The SMILES string of the molecule is COc1cccc(N2CC(C(=O)N3CCC(C(=O)N(C)C)C3)NC2=O)c1. The highest BCUT2D eigenvalue weighted by Crippen LogP contribution is 2.25. The lowest BCUT2D eigenvalue weighted by Crippen LogP contribution is -2.45. The molecule has 2 unspecified atom stereocenters. The minimum atomic E-state index is -0.609. The molecule has 26 heavy (non-hydrogen) atoms. The van der Waals surface area contributed by atoms with E-state index in [2.05, 4.69) is 5.32 Å². The van der Waals surface area contributed by atoms with Crippen molar-refractivity contribution in [3.05, 3.63) is 24.3 Å². The fraction of sp³-hybridized carbons (Fsp3) is 0.500. The third-order valence-electron chi connectivity index (χ3n) is 4.86. The van der Waals surface area contributed by atoms with E-state index in [0.717, 1.165) is 0 Å². The Labute approximate surface area is 152 Å². The molecule has 140 valence electrons. The summed E-state index contributed by atoms with van der Waals surface area (Å²) in [5.41, 5.74) is 0.680. The van der Waals surface area contributed by atoms with Gasteiger partial charge in [-0.1, -0.05) is 6.07 Å². The lowest BCUT2D eigenvalue weighted by molar-refractivity contribution is -0.134. The van der Waals surface area contributed by atoms with E-state index in [1.54, 1.807) is 55.3 Å². The molecule has 0 bridgehead atoms. The number of ether oxygens (including phenoxy) is 1. The van der Waals surface area contributed by atoms with Gasteiger partial charge in [-0.25, -0.2) is 4.79 Å². The Morgan fingerprint density at radius 3 is 2.73 bits per heavy atom. The molecule has 2 saturated heterocycles. The lowest BCUT2D eigenvalue weighted by Gasteiger charge is -2.21. The maximum Gasteiger partial charge on any atom is 0.322 e. The smallest absolute Gasteiger partial charge is 0.322 e. The second kappa shape index (κ2) is 7.23. The number of anilines is 1. The second-order valence-corrected chi connectivity index (χ2v) is 6.82. The number of hydrogen-bond donors (Lipinski definition) is 1. The summed E-state index contributed by atoms with van der Waals surface area (Å²) < 4.78 is 5.19. The number of benzene rings is 1. The van der Waals surface area contributed by atoms with Crippen molar-refractivity contribution >= 4 is 23.5 Å². The number of amides is 4. The molecule has 2 aliphatic rings. The molecule has 3 rings (SSSR count). The van der Waals surface area contributed by atoms with Gasteiger partial charge in [0, 0.05) is 38.9 Å². The fourth-order valence-corrected chi connectivity index (χ4v) is 3.43. The number of urea groups is 1. The normalized spacial score (nSPS) is 22.3. The third kappa shape index (κ3) is 3.44. The van der Waals surface area contributed by atoms with Crippen molar-refractivity contribution < 1.29 is 19.1 Å². The van der Waals surface area contributed by atoms with Crippen molar-refractivity contribution in [2.24, 2.45) is 5.92 Å². The number of carbonyl (C=O) groups excluding carboxylic acids is 3. The first-order valence-electron chi connectivity index (χ1n) is 8.62. The topological polar surface area (TPSA) is 82.2 Å². The summed E-state index contributed by atoms with van der Waals surface area (Å²) in [6, 6.07) is 6.24. The van der Waals surface area contributed by atoms with Gasteiger partial charge in [0.1, 0.15) is 11.8 Å². The van der Waals surface area contributed by atoms with Gasteiger partial charge in [-0.05, 0) is 18.6 Å². The van der Waals surface area contributed by atoms with E-state index in [1.165, 1.54) is 4.90 Å². The van der Waals surface area contributed by atoms with Crippen LogP contribution in [0.1, 0.15) is 6.42 Å². The first-order valence-corrected chi connectivity index (χ1v) is 8.62. The molecule has 1 N–H and O–H groups in total. The fourth-order valence-electron chi connectivity index (χ4n) is 3.43. The van der Waals surface area contributed by atoms with Gasteiger partial charge in [-0.15, -0.1) is 0 Å². The molecular weight excluding hydrogens is 336 g/mol. The van der Waals surface area contributed by atoms with Crippen LogP contribution in [0.4, 0.5) is 10.5 Å². The van der Waals surface area contributed by atoms with Crippen LogP contribution in [0.3, 0.4) is 0 Å². The quantitative estimate of drug-likeness (QED) is 0.849. The maximum absolute atomic E-state index is 12.8. The van der Waals surface area contributed by atoms with Gasteiger partial charge in [0.2, 0.25) is 11.8 Å². The number of hydrogen-bond acceptors (Lipinski definition) is 4. The average Bonchev–Trinajstić information content (AvgIpc) is 3.27. The standard InChI is InChI=1S/C18H24N4O4/c1-20(2)16(23)12-7-8-21(10-12)17(24)15-11-22(18(25)19-15)13-5-4-6-14(9-13)26-3/h4-6,9,12,15H,7-8,10-11H2,1-3H3,(H,19,25). The van der Waals surface area contributed by atoms with Gasteiger partial charge in [0.15, 0.2) is 0 Å². The Balaban J connectivity index is 1.65. The minimum Gasteiger partial charge on any atom is -0.497 e. The van der Waals surface area contributed by atoms with E-state index >= 15 is 0 Å². The molecule has 8 heteroatoms. The van der Waals surface area contributed by atoms with E-state index < -0.39 is 6.04 Å². The number of nitrogens with zero attached hydrogens (tertiary/aromatic N) is 3. The van der Waals surface area contributed by atoms with Crippen molar-refractivity contribution in [1.82, 2.24) is 15.1 Å². The van der Waals surface area contributed by atoms with E-state index in [1.807, 2.05) is 0 Å². The Kier molecular flexibility index (Phi) is 5.01. The van der Waals surface area contributed by atoms with E-state index in [4.69, 9.17) is 4.74 Å². The van der Waals surface area contributed by atoms with Gasteiger partial charge < -0.3 is 19.9 Å². The Morgan fingerprint density at radius 2 is 2.04 bits per heavy atom. The summed E-state index contributed by atoms with van der Waals surface area (Å²) in [5.74, 6) is 0.377. The summed E-state index contributed by atoms with van der Waals surface area (Å²) in [7, 11) is 5.00. The molecule has 0 radical (unpaired) electrons. The van der Waals surface area contributed by atoms with Crippen LogP contribution in [-0.2, 0) is 9.59 Å². The summed E-state index contributed by atoms with van der Waals surface area (Å²) in [6.45, 7) is 1.20. The van der Waals surface area contributed by atoms with Crippen molar-refractivity contribution in [3.63, 3.8) is 0 Å². The third-order valence-corrected chi connectivity index (χ3v) is 4.86. The molecule has 4 amide bonds. The highest BCUT2D eigenvalue weighted by atomic mass is 16.5. The molecule has 0 aliphatic carbocycles. The monoisotopic (exact) mass is 360 g/mol. The van der Waals surface area contributed by atoms with Crippen molar-refractivity contribution in [2.45, 2.75) is 12.5 Å². The molecule has 2 heterocycles. The molecule has 0 saturated carbocycles. The van der Waals surface area contributed by atoms with Gasteiger partial charge in [-0.2, -0.15) is 0 Å². The predicted molar refractivity (Wildman–Crippen MR) is 96.0 cm³/mol. The molecular formula is C18H24N4O4. The number of rotatable bonds is 4. The van der Waals surface area contributed by atoms with Crippen LogP contribution >= 0.6 is 0 Å². The summed E-state index contributed by atoms with van der Waals surface area (Å²) in [5, 5.41) is 2.74. The van der Waals surface area contributed by atoms with Crippen molar-refractivity contribution in [2.75, 3.05) is 45.7 Å². The first kappa shape index (κ1) is 18.0. The van der Waals surface area contributed by atoms with Crippen LogP contribution in [0, 0.1) is 5.92 Å². The van der Waals surface area contributed by atoms with E-state index in [0.29, 0.717) is 30.9 Å². The predicted octanol–water partition coefficient (Wildman–Crippen LogP) is 0.530. The average molecular weight is 360 g/mol. The van der Waals surface area contributed by atoms with Crippen LogP contribution < -0.4 is 15.0 Å². The molecule has 1 aromatic rings. The second-order valence-electron chi connectivity index (χ2n) is 6.82. The largest absolute Gasteiger partial charge is 0.497 e. The number of carbonyl (C=O) groups is 3. The number of nitrogens with one attached hydrogen (secondary N) is 1. The van der Waals surface area contributed by atoms with Crippen LogP contribution in [0.25, 0.3) is 0 Å². The molecule has 8 nitrogen and oxygen atoms in total. The lowest BCUT2D eigenvalue weighted by atomic mass is 10.1. The van der Waals surface area contributed by atoms with E-state index in [9.17, 15) is 14.4 Å². The molecule has 0 aromatic heterocycles.